The van der Waals surface area contributed by atoms with Gasteiger partial charge in [0, 0.05) is 43.0 Å². The average molecular weight is 702 g/mol. The van der Waals surface area contributed by atoms with Gasteiger partial charge < -0.3 is 35.6 Å². The van der Waals surface area contributed by atoms with Crippen molar-refractivity contribution in [1.29, 1.82) is 0 Å². The Hall–Kier alpha value is -5.24. The number of anilines is 2. The Kier molecular flexibility index (Phi) is 13.3. The molecular weight excluding hydrogens is 650 g/mol. The third-order valence-corrected chi connectivity index (χ3v) is 8.83. The van der Waals surface area contributed by atoms with Crippen molar-refractivity contribution in [2.75, 3.05) is 50.0 Å². The van der Waals surface area contributed by atoms with E-state index in [0.717, 1.165) is 54.7 Å². The van der Waals surface area contributed by atoms with Gasteiger partial charge in [0.2, 0.25) is 5.95 Å². The van der Waals surface area contributed by atoms with Crippen molar-refractivity contribution in [2.24, 2.45) is 0 Å². The number of carbonyl (C=O) groups is 3. The van der Waals surface area contributed by atoms with Gasteiger partial charge in [0.1, 0.15) is 17.5 Å². The maximum absolute atomic E-state index is 13.4. The van der Waals surface area contributed by atoms with E-state index >= 15 is 0 Å². The van der Waals surface area contributed by atoms with Crippen LogP contribution in [0.3, 0.4) is 0 Å². The van der Waals surface area contributed by atoms with Gasteiger partial charge in [-0.1, -0.05) is 52.0 Å². The molecular formula is C37H51N9O5. The molecule has 0 radical (unpaired) electrons. The number of nitrogens with one attached hydrogen (secondary N) is 3. The van der Waals surface area contributed by atoms with Gasteiger partial charge in [-0.15, -0.1) is 10.2 Å². The smallest absolute Gasteiger partial charge is 0.319 e. The number of pyridine rings is 2. The van der Waals surface area contributed by atoms with Crippen LogP contribution in [0, 0.1) is 0 Å². The van der Waals surface area contributed by atoms with Crippen LogP contribution in [-0.4, -0.2) is 87.8 Å². The Bertz CT molecular complexity index is 1780. The Morgan fingerprint density at radius 3 is 2.39 bits per heavy atom. The Morgan fingerprint density at radius 2 is 1.73 bits per heavy atom. The molecule has 3 amide bonds. The van der Waals surface area contributed by atoms with E-state index < -0.39 is 0 Å². The minimum Gasteiger partial charge on any atom is -0.484 e. The summed E-state index contributed by atoms with van der Waals surface area (Å²) in [5, 5.41) is 24.7. The molecule has 2 atom stereocenters. The molecule has 5 rings (SSSR count). The third-order valence-electron chi connectivity index (χ3n) is 8.83. The van der Waals surface area contributed by atoms with Crippen molar-refractivity contribution >= 4 is 35.7 Å². The highest BCUT2D eigenvalue weighted by molar-refractivity contribution is 5.95. The Labute approximate surface area is 299 Å². The van der Waals surface area contributed by atoms with Crippen molar-refractivity contribution in [3.05, 3.63) is 77.2 Å². The number of ether oxygens (including phenoxy) is 1. The van der Waals surface area contributed by atoms with Crippen molar-refractivity contribution in [3.63, 3.8) is 0 Å². The van der Waals surface area contributed by atoms with E-state index in [4.69, 9.17) is 14.6 Å². The fourth-order valence-corrected chi connectivity index (χ4v) is 5.88. The van der Waals surface area contributed by atoms with E-state index in [1.54, 1.807) is 6.07 Å². The number of urea groups is 1. The molecule has 14 heteroatoms. The second-order valence-electron chi connectivity index (χ2n) is 13.4. The number of fused-ring (bicyclic) bond motifs is 2. The second kappa shape index (κ2) is 17.6. The van der Waals surface area contributed by atoms with Crippen LogP contribution in [0.2, 0.25) is 0 Å². The van der Waals surface area contributed by atoms with Crippen LogP contribution in [0.1, 0.15) is 93.8 Å². The number of amides is 3. The topological polar surface area (TPSA) is 166 Å². The predicted molar refractivity (Wildman–Crippen MR) is 198 cm³/mol. The van der Waals surface area contributed by atoms with Crippen LogP contribution < -0.4 is 25.6 Å². The van der Waals surface area contributed by atoms with Gasteiger partial charge in [-0.25, -0.2) is 9.78 Å². The Balaban J connectivity index is 0.00000188. The molecule has 0 fully saturated rings. The lowest BCUT2D eigenvalue weighted by atomic mass is 9.85. The number of rotatable bonds is 12. The normalized spacial score (nSPS) is 15.3. The van der Waals surface area contributed by atoms with Crippen LogP contribution in [0.25, 0.3) is 5.65 Å². The molecule has 0 aliphatic heterocycles. The molecule has 1 aromatic carbocycles. The van der Waals surface area contributed by atoms with Gasteiger partial charge in [-0.2, -0.15) is 0 Å². The predicted octanol–water partition coefficient (Wildman–Crippen LogP) is 5.43. The summed E-state index contributed by atoms with van der Waals surface area (Å²) in [4.78, 5) is 43.7. The van der Waals surface area contributed by atoms with Crippen LogP contribution in [0.15, 0.2) is 54.7 Å². The van der Waals surface area contributed by atoms with Gasteiger partial charge in [-0.05, 0) is 75.7 Å². The monoisotopic (exact) mass is 701 g/mol. The molecule has 51 heavy (non-hydrogen) atoms. The van der Waals surface area contributed by atoms with E-state index in [1.165, 1.54) is 0 Å². The molecule has 0 saturated heterocycles. The van der Waals surface area contributed by atoms with Crippen LogP contribution in [0.4, 0.5) is 16.4 Å². The fourth-order valence-electron chi connectivity index (χ4n) is 5.88. The molecule has 0 spiro atoms. The molecule has 14 nitrogen and oxygen atoms in total. The minimum atomic E-state index is -0.349. The summed E-state index contributed by atoms with van der Waals surface area (Å²) in [6.45, 7) is 15.9. The maximum Gasteiger partial charge on any atom is 0.319 e. The summed E-state index contributed by atoms with van der Waals surface area (Å²) in [6, 6.07) is 14.8. The highest BCUT2D eigenvalue weighted by Gasteiger charge is 2.30. The van der Waals surface area contributed by atoms with Gasteiger partial charge >= 0.3 is 6.03 Å². The van der Waals surface area contributed by atoms with E-state index in [9.17, 15) is 9.59 Å². The number of carboxylic acid groups (broad SMARTS) is 1. The number of hydrogen-bond donors (Lipinski definition) is 4. The maximum atomic E-state index is 13.4. The van der Waals surface area contributed by atoms with Crippen molar-refractivity contribution in [3.8, 4) is 5.75 Å². The summed E-state index contributed by atoms with van der Waals surface area (Å²) < 4.78 is 8.54. The molecule has 3 aromatic heterocycles. The Morgan fingerprint density at radius 1 is 1.02 bits per heavy atom. The summed E-state index contributed by atoms with van der Waals surface area (Å²) >= 11 is 0. The highest BCUT2D eigenvalue weighted by Crippen LogP contribution is 2.39. The number of benzene rings is 1. The molecule has 1 aliphatic rings. The zero-order valence-corrected chi connectivity index (χ0v) is 30.6. The summed E-state index contributed by atoms with van der Waals surface area (Å²) in [5.41, 5.74) is 3.99. The minimum absolute atomic E-state index is 0.180. The van der Waals surface area contributed by atoms with Crippen molar-refractivity contribution in [2.45, 2.75) is 71.9 Å². The molecule has 0 bridgehead atoms. The van der Waals surface area contributed by atoms with E-state index in [-0.39, 0.29) is 41.7 Å². The molecule has 4 N–H and O–H groups in total. The molecule has 0 unspecified atom stereocenters. The molecule has 4 aromatic rings. The first kappa shape index (κ1) is 38.6. The number of hydrogen-bond acceptors (Lipinski definition) is 9. The molecule has 3 heterocycles. The van der Waals surface area contributed by atoms with Gasteiger partial charge in [0.05, 0.1) is 12.2 Å². The summed E-state index contributed by atoms with van der Waals surface area (Å²) in [5.74, 6) is 1.24. The zero-order chi connectivity index (χ0) is 37.1. The first-order valence-electron chi connectivity index (χ1n) is 17.4. The largest absolute Gasteiger partial charge is 0.484 e. The lowest BCUT2D eigenvalue weighted by molar-refractivity contribution is -0.122. The van der Waals surface area contributed by atoms with Crippen LogP contribution in [0.5, 0.6) is 5.75 Å². The number of likely N-dealkylation sites (N-methyl/N-ethyl adjacent to an activating group) is 1. The standard InChI is InChI=1S/C36H49N9O3.CH2O2/c1-8-43(7)20-19-37-33(46)29-21-24(22-31(39-29)36(4,5)6)38-34(47)40-28-16-17-30(27-14-12-11-13-26(27)28)48-25-15-18-32-41-42-35(45(32)23-25)44(9-2)10-3;2-1-3/h11-15,18,21-23,28,30H,8-10,16-17,19-20H2,1-7H3,(H,37,46)(H2,38,39,40,47);1H,(H,2,3)/t28-,30+;/m0./s1. The molecule has 1 aliphatic carbocycles. The lowest BCUT2D eigenvalue weighted by Crippen LogP contribution is -2.36. The van der Waals surface area contributed by atoms with Gasteiger partial charge in [-0.3, -0.25) is 14.0 Å². The highest BCUT2D eigenvalue weighted by atomic mass is 16.5. The summed E-state index contributed by atoms with van der Waals surface area (Å²) in [6.07, 6.45) is 3.17. The van der Waals surface area contributed by atoms with Crippen LogP contribution >= 0.6 is 0 Å². The van der Waals surface area contributed by atoms with E-state index in [2.05, 4.69) is 67.8 Å². The fraction of sp³-hybridized carbons (Fsp3) is 0.459. The van der Waals surface area contributed by atoms with Crippen molar-refractivity contribution in [1.82, 2.24) is 35.1 Å². The van der Waals surface area contributed by atoms with Gasteiger partial charge in [0.25, 0.3) is 12.4 Å². The summed E-state index contributed by atoms with van der Waals surface area (Å²) in [7, 11) is 2.01. The SMILES string of the molecule is CCN(C)CCNC(=O)c1cc(NC(=O)N[C@H]2CC[C@@H](Oc3ccc4nnc(N(CC)CC)n4c3)c3ccccc32)cc(C(C)(C)C)n1.O=CO. The van der Waals surface area contributed by atoms with E-state index in [1.807, 2.05) is 74.8 Å². The number of nitrogens with zero attached hydrogens (tertiary/aromatic N) is 6. The van der Waals surface area contributed by atoms with Crippen LogP contribution in [-0.2, 0) is 10.2 Å². The molecule has 0 saturated carbocycles. The zero-order valence-electron chi connectivity index (χ0n) is 30.6. The molecule has 274 valence electrons. The number of carbonyl (C=O) groups excluding carboxylic acids is 2. The van der Waals surface area contributed by atoms with E-state index in [0.29, 0.717) is 30.8 Å². The quantitative estimate of drug-likeness (QED) is 0.140. The average Bonchev–Trinajstić information content (AvgIpc) is 3.52. The third kappa shape index (κ3) is 9.94. The first-order valence-corrected chi connectivity index (χ1v) is 17.4. The number of aromatic nitrogens is 4. The first-order chi connectivity index (χ1) is 24.4. The lowest BCUT2D eigenvalue weighted by Gasteiger charge is -2.32. The van der Waals surface area contributed by atoms with Crippen molar-refractivity contribution < 1.29 is 24.2 Å². The van der Waals surface area contributed by atoms with Gasteiger partial charge in [0.15, 0.2) is 5.65 Å². The second-order valence-corrected chi connectivity index (χ2v) is 13.4.